The van der Waals surface area contributed by atoms with Gasteiger partial charge in [-0.1, -0.05) is 13.8 Å². The molecule has 84 valence electrons. The summed E-state index contributed by atoms with van der Waals surface area (Å²) in [5.74, 6) is 0.613. The second kappa shape index (κ2) is 5.69. The number of hydrogen-bond acceptors (Lipinski definition) is 3. The van der Waals surface area contributed by atoms with E-state index in [0.29, 0.717) is 5.92 Å². The Labute approximate surface area is 87.3 Å². The molecular weight excluding hydrogens is 176 g/mol. The van der Waals surface area contributed by atoms with Crippen molar-refractivity contribution >= 4 is 0 Å². The number of hydrogen-bond donors (Lipinski definition) is 2. The number of nitrogens with two attached hydrogens (primary N) is 1. The van der Waals surface area contributed by atoms with Gasteiger partial charge in [-0.15, -0.1) is 0 Å². The average Bonchev–Trinajstić information content (AvgIpc) is 2.57. The van der Waals surface area contributed by atoms with E-state index in [1.54, 1.807) is 0 Å². The molecule has 14 heavy (non-hydrogen) atoms. The summed E-state index contributed by atoms with van der Waals surface area (Å²) in [6.07, 6.45) is 3.51. The molecule has 0 amide bonds. The van der Waals surface area contributed by atoms with Gasteiger partial charge in [-0.25, -0.2) is 0 Å². The fourth-order valence-electron chi connectivity index (χ4n) is 2.30. The predicted octanol–water partition coefficient (Wildman–Crippen LogP) is 0.817. The number of aliphatic hydroxyl groups excluding tert-OH is 1. The highest BCUT2D eigenvalue weighted by Crippen LogP contribution is 2.16. The lowest BCUT2D eigenvalue weighted by atomic mass is 9.98. The molecule has 3 heteroatoms. The van der Waals surface area contributed by atoms with Crippen molar-refractivity contribution in [3.8, 4) is 0 Å². The van der Waals surface area contributed by atoms with E-state index in [0.717, 1.165) is 19.5 Å². The third kappa shape index (κ3) is 3.23. The van der Waals surface area contributed by atoms with Crippen LogP contribution in [0.4, 0.5) is 0 Å². The quantitative estimate of drug-likeness (QED) is 0.690. The highest BCUT2D eigenvalue weighted by molar-refractivity contribution is 4.84. The van der Waals surface area contributed by atoms with Crippen LogP contribution in [0.15, 0.2) is 0 Å². The minimum atomic E-state index is 0.123. The Bertz CT molecular complexity index is 155. The van der Waals surface area contributed by atoms with Gasteiger partial charge in [0, 0.05) is 12.1 Å². The highest BCUT2D eigenvalue weighted by Gasteiger charge is 2.26. The number of rotatable bonds is 5. The van der Waals surface area contributed by atoms with E-state index in [2.05, 4.69) is 18.7 Å². The third-order valence-electron chi connectivity index (χ3n) is 3.03. The zero-order valence-corrected chi connectivity index (χ0v) is 9.45. The van der Waals surface area contributed by atoms with E-state index in [-0.39, 0.29) is 18.7 Å². The van der Waals surface area contributed by atoms with Crippen molar-refractivity contribution in [2.45, 2.75) is 45.2 Å². The summed E-state index contributed by atoms with van der Waals surface area (Å²) in [6.45, 7) is 6.78. The molecular formula is C11H24N2O. The standard InChI is InChI=1S/C11H24N2O/c1-9(2)7-10(12)11(8-14)13-5-3-4-6-13/h9-11,14H,3-8,12H2,1-2H3. The van der Waals surface area contributed by atoms with Crippen LogP contribution in [0.25, 0.3) is 0 Å². The van der Waals surface area contributed by atoms with Crippen molar-refractivity contribution in [2.24, 2.45) is 11.7 Å². The van der Waals surface area contributed by atoms with E-state index >= 15 is 0 Å². The van der Waals surface area contributed by atoms with Crippen LogP contribution < -0.4 is 5.73 Å². The van der Waals surface area contributed by atoms with Gasteiger partial charge in [0.05, 0.1) is 6.61 Å². The molecule has 3 N–H and O–H groups in total. The summed E-state index contributed by atoms with van der Waals surface area (Å²) < 4.78 is 0. The lowest BCUT2D eigenvalue weighted by molar-refractivity contribution is 0.119. The van der Waals surface area contributed by atoms with Crippen LogP contribution in [0.5, 0.6) is 0 Å². The Hall–Kier alpha value is -0.120. The smallest absolute Gasteiger partial charge is 0.0601 e. The number of likely N-dealkylation sites (tertiary alicyclic amines) is 1. The first-order chi connectivity index (χ1) is 6.65. The summed E-state index contributed by atoms with van der Waals surface area (Å²) in [6, 6.07) is 0.304. The minimum absolute atomic E-state index is 0.123. The Morgan fingerprint density at radius 2 is 1.86 bits per heavy atom. The fourth-order valence-corrected chi connectivity index (χ4v) is 2.30. The molecule has 0 aromatic carbocycles. The largest absolute Gasteiger partial charge is 0.395 e. The molecule has 1 aliphatic rings. The topological polar surface area (TPSA) is 49.5 Å². The maximum atomic E-state index is 9.35. The second-order valence-electron chi connectivity index (χ2n) is 4.79. The Morgan fingerprint density at radius 3 is 2.29 bits per heavy atom. The maximum Gasteiger partial charge on any atom is 0.0601 e. The summed E-state index contributed by atoms with van der Waals surface area (Å²) in [5, 5.41) is 9.35. The van der Waals surface area contributed by atoms with Crippen LogP contribution in [0.2, 0.25) is 0 Å². The molecule has 1 heterocycles. The first kappa shape index (κ1) is 12.0. The zero-order valence-electron chi connectivity index (χ0n) is 9.45. The van der Waals surface area contributed by atoms with Gasteiger partial charge in [0.15, 0.2) is 0 Å². The molecule has 1 saturated heterocycles. The summed E-state index contributed by atoms with van der Waals surface area (Å²) in [4.78, 5) is 2.34. The van der Waals surface area contributed by atoms with Crippen LogP contribution in [-0.2, 0) is 0 Å². The molecule has 0 radical (unpaired) electrons. The van der Waals surface area contributed by atoms with E-state index in [1.807, 2.05) is 0 Å². The van der Waals surface area contributed by atoms with Crippen molar-refractivity contribution < 1.29 is 5.11 Å². The van der Waals surface area contributed by atoms with Gasteiger partial charge in [0.25, 0.3) is 0 Å². The molecule has 2 unspecified atom stereocenters. The van der Waals surface area contributed by atoms with Gasteiger partial charge < -0.3 is 10.8 Å². The first-order valence-electron chi connectivity index (χ1n) is 5.75. The van der Waals surface area contributed by atoms with Crippen LogP contribution >= 0.6 is 0 Å². The molecule has 1 rings (SSSR count). The maximum absolute atomic E-state index is 9.35. The van der Waals surface area contributed by atoms with Gasteiger partial charge in [0.2, 0.25) is 0 Å². The van der Waals surface area contributed by atoms with Crippen molar-refractivity contribution in [2.75, 3.05) is 19.7 Å². The predicted molar refractivity (Wildman–Crippen MR) is 59.1 cm³/mol. The molecule has 0 bridgehead atoms. The SMILES string of the molecule is CC(C)CC(N)C(CO)N1CCCC1. The fraction of sp³-hybridized carbons (Fsp3) is 1.00. The Kier molecular flexibility index (Phi) is 4.85. The molecule has 1 fully saturated rings. The molecule has 0 spiro atoms. The first-order valence-corrected chi connectivity index (χ1v) is 5.75. The highest BCUT2D eigenvalue weighted by atomic mass is 16.3. The molecule has 0 aromatic rings. The molecule has 1 aliphatic heterocycles. The van der Waals surface area contributed by atoms with E-state index in [4.69, 9.17) is 5.73 Å². The van der Waals surface area contributed by atoms with E-state index in [9.17, 15) is 5.11 Å². The Balaban J connectivity index is 2.42. The van der Waals surface area contributed by atoms with Gasteiger partial charge in [0.1, 0.15) is 0 Å². The molecule has 3 nitrogen and oxygen atoms in total. The summed E-state index contributed by atoms with van der Waals surface area (Å²) >= 11 is 0. The molecule has 0 saturated carbocycles. The normalized spacial score (nSPS) is 22.9. The van der Waals surface area contributed by atoms with Crippen LogP contribution in [0, 0.1) is 5.92 Å². The van der Waals surface area contributed by atoms with E-state index < -0.39 is 0 Å². The van der Waals surface area contributed by atoms with Crippen molar-refractivity contribution in [1.82, 2.24) is 4.90 Å². The average molecular weight is 200 g/mol. The molecule has 0 aromatic heterocycles. The van der Waals surface area contributed by atoms with Crippen molar-refractivity contribution in [3.63, 3.8) is 0 Å². The molecule has 0 aliphatic carbocycles. The van der Waals surface area contributed by atoms with Crippen LogP contribution in [-0.4, -0.2) is 41.8 Å². The Morgan fingerprint density at radius 1 is 1.29 bits per heavy atom. The minimum Gasteiger partial charge on any atom is -0.395 e. The zero-order chi connectivity index (χ0) is 10.6. The number of aliphatic hydroxyl groups is 1. The molecule has 2 atom stereocenters. The summed E-state index contributed by atoms with van der Waals surface area (Å²) in [5.41, 5.74) is 6.11. The van der Waals surface area contributed by atoms with Crippen LogP contribution in [0.3, 0.4) is 0 Å². The summed E-state index contributed by atoms with van der Waals surface area (Å²) in [7, 11) is 0. The van der Waals surface area contributed by atoms with Gasteiger partial charge in [-0.05, 0) is 38.3 Å². The van der Waals surface area contributed by atoms with E-state index in [1.165, 1.54) is 12.8 Å². The van der Waals surface area contributed by atoms with Crippen molar-refractivity contribution in [1.29, 1.82) is 0 Å². The third-order valence-corrected chi connectivity index (χ3v) is 3.03. The lowest BCUT2D eigenvalue weighted by Crippen LogP contribution is -2.49. The monoisotopic (exact) mass is 200 g/mol. The van der Waals surface area contributed by atoms with Gasteiger partial charge in [-0.3, -0.25) is 4.90 Å². The second-order valence-corrected chi connectivity index (χ2v) is 4.79. The lowest BCUT2D eigenvalue weighted by Gasteiger charge is -2.31. The van der Waals surface area contributed by atoms with Crippen molar-refractivity contribution in [3.05, 3.63) is 0 Å². The number of nitrogens with zero attached hydrogens (tertiary/aromatic N) is 1. The van der Waals surface area contributed by atoms with Gasteiger partial charge >= 0.3 is 0 Å². The van der Waals surface area contributed by atoms with Gasteiger partial charge in [-0.2, -0.15) is 0 Å². The van der Waals surface area contributed by atoms with Crippen LogP contribution in [0.1, 0.15) is 33.1 Å².